The van der Waals surface area contributed by atoms with E-state index in [2.05, 4.69) is 26.5 Å². The fourth-order valence-electron chi connectivity index (χ4n) is 2.98. The van der Waals surface area contributed by atoms with Gasteiger partial charge >= 0.3 is 0 Å². The zero-order chi connectivity index (χ0) is 23.2. The van der Waals surface area contributed by atoms with Gasteiger partial charge in [-0.05, 0) is 48.5 Å². The molecule has 0 fully saturated rings. The monoisotopic (exact) mass is 542 g/mol. The van der Waals surface area contributed by atoms with Crippen LogP contribution in [0.2, 0.25) is 10.0 Å². The first kappa shape index (κ1) is 23.1. The largest absolute Gasteiger partial charge is 0.488 e. The molecular formula is C25H17BrCl2N2O3. The van der Waals surface area contributed by atoms with Crippen LogP contribution in [0, 0.1) is 0 Å². The lowest BCUT2D eigenvalue weighted by molar-refractivity contribution is 0.0950. The van der Waals surface area contributed by atoms with Crippen molar-refractivity contribution in [2.24, 2.45) is 5.10 Å². The lowest BCUT2D eigenvalue weighted by atomic mass is 10.2. The molecule has 0 aliphatic heterocycles. The van der Waals surface area contributed by atoms with E-state index in [0.29, 0.717) is 32.9 Å². The van der Waals surface area contributed by atoms with Gasteiger partial charge in [0.2, 0.25) is 0 Å². The second-order valence-electron chi connectivity index (χ2n) is 6.93. The summed E-state index contributed by atoms with van der Waals surface area (Å²) in [6, 6.07) is 23.4. The number of hydrazone groups is 1. The molecule has 0 spiro atoms. The minimum absolute atomic E-state index is 0.189. The van der Waals surface area contributed by atoms with Crippen LogP contribution in [0.3, 0.4) is 0 Å². The molecule has 0 bridgehead atoms. The fraction of sp³-hybridized carbons (Fsp3) is 0.0400. The number of furan rings is 1. The molecular weight excluding hydrogens is 527 g/mol. The number of carbonyl (C=O) groups excluding carboxylic acids is 1. The van der Waals surface area contributed by atoms with Crippen LogP contribution in [0.1, 0.15) is 21.7 Å². The molecule has 1 amide bonds. The van der Waals surface area contributed by atoms with Crippen LogP contribution >= 0.6 is 39.1 Å². The van der Waals surface area contributed by atoms with Crippen LogP contribution in [-0.4, -0.2) is 12.1 Å². The van der Waals surface area contributed by atoms with Gasteiger partial charge < -0.3 is 9.15 Å². The third-order valence-corrected chi connectivity index (χ3v) is 5.76. The SMILES string of the molecule is O=C(N/N=C/c1ccc(-c2ccc(Br)cc2)o1)c1ccccc1OCc1ccc(Cl)cc1Cl. The average molecular weight is 544 g/mol. The van der Waals surface area contributed by atoms with Crippen LogP contribution < -0.4 is 10.2 Å². The molecule has 0 unspecified atom stereocenters. The smallest absolute Gasteiger partial charge is 0.275 e. The van der Waals surface area contributed by atoms with E-state index in [4.69, 9.17) is 32.4 Å². The van der Waals surface area contributed by atoms with Crippen molar-refractivity contribution in [2.45, 2.75) is 6.61 Å². The highest BCUT2D eigenvalue weighted by Crippen LogP contribution is 2.25. The molecule has 0 saturated heterocycles. The summed E-state index contributed by atoms with van der Waals surface area (Å²) in [6.45, 7) is 0.189. The number of hydrogen-bond donors (Lipinski definition) is 1. The van der Waals surface area contributed by atoms with E-state index in [1.165, 1.54) is 6.21 Å². The van der Waals surface area contributed by atoms with Crippen molar-refractivity contribution in [1.29, 1.82) is 0 Å². The van der Waals surface area contributed by atoms with E-state index < -0.39 is 5.91 Å². The summed E-state index contributed by atoms with van der Waals surface area (Å²) in [5.74, 6) is 1.21. The number of ether oxygens (including phenoxy) is 1. The average Bonchev–Trinajstić information content (AvgIpc) is 3.28. The van der Waals surface area contributed by atoms with Gasteiger partial charge in [-0.1, -0.05) is 69.5 Å². The Hall–Kier alpha value is -3.06. The van der Waals surface area contributed by atoms with Gasteiger partial charge in [0.25, 0.3) is 5.91 Å². The van der Waals surface area contributed by atoms with E-state index >= 15 is 0 Å². The highest BCUT2D eigenvalue weighted by molar-refractivity contribution is 9.10. The Morgan fingerprint density at radius 1 is 1.03 bits per heavy atom. The maximum Gasteiger partial charge on any atom is 0.275 e. The Morgan fingerprint density at radius 3 is 2.61 bits per heavy atom. The summed E-state index contributed by atoms with van der Waals surface area (Å²) in [5.41, 5.74) is 4.54. The summed E-state index contributed by atoms with van der Waals surface area (Å²) < 4.78 is 12.6. The number of benzene rings is 3. The van der Waals surface area contributed by atoms with Crippen molar-refractivity contribution < 1.29 is 13.9 Å². The minimum atomic E-state index is -0.413. The van der Waals surface area contributed by atoms with Crippen molar-refractivity contribution >= 4 is 51.3 Å². The van der Waals surface area contributed by atoms with Crippen molar-refractivity contribution in [3.63, 3.8) is 0 Å². The molecule has 1 heterocycles. The Labute approximate surface area is 209 Å². The molecule has 0 atom stereocenters. The molecule has 0 radical (unpaired) electrons. The first-order valence-electron chi connectivity index (χ1n) is 9.84. The number of halogens is 3. The van der Waals surface area contributed by atoms with E-state index in [0.717, 1.165) is 15.6 Å². The summed E-state index contributed by atoms with van der Waals surface area (Å²) in [4.78, 5) is 12.7. The molecule has 0 aliphatic carbocycles. The van der Waals surface area contributed by atoms with Gasteiger partial charge in [-0.25, -0.2) is 5.43 Å². The van der Waals surface area contributed by atoms with Gasteiger partial charge in [0, 0.05) is 25.6 Å². The topological polar surface area (TPSA) is 63.8 Å². The Balaban J connectivity index is 1.40. The van der Waals surface area contributed by atoms with Gasteiger partial charge in [-0.2, -0.15) is 5.10 Å². The molecule has 166 valence electrons. The molecule has 8 heteroatoms. The Bertz CT molecular complexity index is 1300. The molecule has 0 aliphatic rings. The second kappa shape index (κ2) is 10.7. The normalized spacial score (nSPS) is 11.0. The Morgan fingerprint density at radius 2 is 1.82 bits per heavy atom. The summed E-state index contributed by atoms with van der Waals surface area (Å²) in [5, 5.41) is 5.04. The van der Waals surface area contributed by atoms with Crippen LogP contribution in [0.15, 0.2) is 92.9 Å². The first-order chi connectivity index (χ1) is 16.0. The van der Waals surface area contributed by atoms with Gasteiger partial charge in [-0.3, -0.25) is 4.79 Å². The zero-order valence-electron chi connectivity index (χ0n) is 17.1. The molecule has 4 aromatic rings. The van der Waals surface area contributed by atoms with Crippen LogP contribution in [0.5, 0.6) is 5.75 Å². The molecule has 3 aromatic carbocycles. The number of carbonyl (C=O) groups is 1. The summed E-state index contributed by atoms with van der Waals surface area (Å²) in [7, 11) is 0. The fourth-order valence-corrected chi connectivity index (χ4v) is 3.71. The predicted molar refractivity (Wildman–Crippen MR) is 134 cm³/mol. The highest BCUT2D eigenvalue weighted by Gasteiger charge is 2.12. The minimum Gasteiger partial charge on any atom is -0.488 e. The third kappa shape index (κ3) is 6.05. The van der Waals surface area contributed by atoms with Crippen molar-refractivity contribution in [3.8, 4) is 17.1 Å². The Kier molecular flexibility index (Phi) is 7.50. The van der Waals surface area contributed by atoms with Crippen LogP contribution in [0.4, 0.5) is 0 Å². The predicted octanol–water partition coefficient (Wildman–Crippen LogP) is 7.36. The van der Waals surface area contributed by atoms with E-state index in [1.807, 2.05) is 30.3 Å². The van der Waals surface area contributed by atoms with E-state index in [1.54, 1.807) is 48.5 Å². The van der Waals surface area contributed by atoms with E-state index in [-0.39, 0.29) is 6.61 Å². The lowest BCUT2D eigenvalue weighted by Crippen LogP contribution is -2.18. The van der Waals surface area contributed by atoms with Gasteiger partial charge in [0.1, 0.15) is 23.9 Å². The maximum atomic E-state index is 12.7. The standard InChI is InChI=1S/C25H17BrCl2N2O3/c26-18-8-5-16(6-9-18)23-12-11-20(33-23)14-29-30-25(31)21-3-1-2-4-24(21)32-15-17-7-10-19(27)13-22(17)28/h1-14H,15H2,(H,30,31)/b29-14+. The molecule has 0 saturated carbocycles. The zero-order valence-corrected chi connectivity index (χ0v) is 20.2. The number of nitrogens with zero attached hydrogens (tertiary/aromatic N) is 1. The van der Waals surface area contributed by atoms with E-state index in [9.17, 15) is 4.79 Å². The van der Waals surface area contributed by atoms with Crippen LogP contribution in [0.25, 0.3) is 11.3 Å². The molecule has 33 heavy (non-hydrogen) atoms. The summed E-state index contributed by atoms with van der Waals surface area (Å²) in [6.07, 6.45) is 1.44. The van der Waals surface area contributed by atoms with Crippen molar-refractivity contribution in [3.05, 3.63) is 110 Å². The third-order valence-electron chi connectivity index (χ3n) is 4.64. The highest BCUT2D eigenvalue weighted by atomic mass is 79.9. The number of hydrogen-bond acceptors (Lipinski definition) is 4. The quantitative estimate of drug-likeness (QED) is 0.195. The molecule has 5 nitrogen and oxygen atoms in total. The van der Waals surface area contributed by atoms with Gasteiger partial charge in [-0.15, -0.1) is 0 Å². The molecule has 1 N–H and O–H groups in total. The molecule has 4 rings (SSSR count). The number of para-hydroxylation sites is 1. The van der Waals surface area contributed by atoms with Gasteiger partial charge in [0.05, 0.1) is 11.8 Å². The summed E-state index contributed by atoms with van der Waals surface area (Å²) >= 11 is 15.5. The maximum absolute atomic E-state index is 12.7. The van der Waals surface area contributed by atoms with Crippen molar-refractivity contribution in [2.75, 3.05) is 0 Å². The number of rotatable bonds is 7. The molecule has 1 aromatic heterocycles. The van der Waals surface area contributed by atoms with Crippen LogP contribution in [-0.2, 0) is 6.61 Å². The van der Waals surface area contributed by atoms with Crippen molar-refractivity contribution in [1.82, 2.24) is 5.43 Å². The second-order valence-corrected chi connectivity index (χ2v) is 8.69. The van der Waals surface area contributed by atoms with Gasteiger partial charge in [0.15, 0.2) is 0 Å². The lowest BCUT2D eigenvalue weighted by Gasteiger charge is -2.11. The first-order valence-corrected chi connectivity index (χ1v) is 11.4. The number of nitrogens with one attached hydrogen (secondary N) is 1. The number of amides is 1.